The molecule has 102 valence electrons. The van der Waals surface area contributed by atoms with Crippen LogP contribution in [0.1, 0.15) is 17.5 Å². The molecule has 0 atom stereocenters. The van der Waals surface area contributed by atoms with E-state index in [9.17, 15) is 4.79 Å². The van der Waals surface area contributed by atoms with Gasteiger partial charge in [0.1, 0.15) is 0 Å². The first-order chi connectivity index (χ1) is 9.75. The first-order valence-corrected chi connectivity index (χ1v) is 6.97. The summed E-state index contributed by atoms with van der Waals surface area (Å²) in [6, 6.07) is 15.7. The van der Waals surface area contributed by atoms with Crippen molar-refractivity contribution < 1.29 is 4.79 Å². The highest BCUT2D eigenvalue weighted by atomic mass is 16.2. The molecule has 0 spiro atoms. The number of amides is 1. The minimum atomic E-state index is 0.120. The maximum atomic E-state index is 12.6. The van der Waals surface area contributed by atoms with E-state index in [1.54, 1.807) is 0 Å². The molecule has 1 aliphatic heterocycles. The van der Waals surface area contributed by atoms with Crippen LogP contribution in [0.2, 0.25) is 0 Å². The quantitative estimate of drug-likeness (QED) is 0.850. The van der Waals surface area contributed by atoms with Gasteiger partial charge in [0.15, 0.2) is 0 Å². The van der Waals surface area contributed by atoms with Gasteiger partial charge in [0.2, 0.25) is 5.91 Å². The number of carbonyl (C=O) groups is 1. The Hall–Kier alpha value is -2.29. The van der Waals surface area contributed by atoms with Crippen molar-refractivity contribution in [3.63, 3.8) is 0 Å². The second-order valence-corrected chi connectivity index (χ2v) is 5.17. The summed E-state index contributed by atoms with van der Waals surface area (Å²) >= 11 is 0. The van der Waals surface area contributed by atoms with Crippen molar-refractivity contribution in [2.45, 2.75) is 19.3 Å². The smallest absolute Gasteiger partial charge is 0.231 e. The van der Waals surface area contributed by atoms with Gasteiger partial charge in [0.05, 0.1) is 17.8 Å². The van der Waals surface area contributed by atoms with Gasteiger partial charge in [-0.25, -0.2) is 0 Å². The molecule has 3 nitrogen and oxygen atoms in total. The van der Waals surface area contributed by atoms with E-state index in [0.717, 1.165) is 30.6 Å². The maximum Gasteiger partial charge on any atom is 0.231 e. The van der Waals surface area contributed by atoms with Crippen LogP contribution in [0.5, 0.6) is 0 Å². The second kappa shape index (κ2) is 5.37. The first-order valence-electron chi connectivity index (χ1n) is 6.97. The van der Waals surface area contributed by atoms with Crippen LogP contribution in [0, 0.1) is 0 Å². The molecule has 3 rings (SSSR count). The van der Waals surface area contributed by atoms with Crippen LogP contribution in [0.4, 0.5) is 11.4 Å². The molecule has 0 unspecified atom stereocenters. The monoisotopic (exact) mass is 266 g/mol. The second-order valence-electron chi connectivity index (χ2n) is 5.17. The fourth-order valence-electron chi connectivity index (χ4n) is 2.80. The standard InChI is InChI=1S/C17H18N2O/c18-15-10-4-8-14-9-5-11-19(17(14)15)16(20)12-13-6-2-1-3-7-13/h1-4,6-8,10H,5,9,11-12,18H2. The average Bonchev–Trinajstić information content (AvgIpc) is 2.48. The van der Waals surface area contributed by atoms with Gasteiger partial charge in [-0.05, 0) is 30.0 Å². The molecule has 1 amide bonds. The number of benzene rings is 2. The molecule has 0 fully saturated rings. The minimum Gasteiger partial charge on any atom is -0.397 e. The number of rotatable bonds is 2. The van der Waals surface area contributed by atoms with E-state index in [0.29, 0.717) is 12.1 Å². The lowest BCUT2D eigenvalue weighted by atomic mass is 9.99. The fourth-order valence-corrected chi connectivity index (χ4v) is 2.80. The summed E-state index contributed by atoms with van der Waals surface area (Å²) < 4.78 is 0. The van der Waals surface area contributed by atoms with E-state index < -0.39 is 0 Å². The summed E-state index contributed by atoms with van der Waals surface area (Å²) in [6.45, 7) is 0.757. The zero-order chi connectivity index (χ0) is 13.9. The van der Waals surface area contributed by atoms with Crippen molar-refractivity contribution in [3.8, 4) is 0 Å². The van der Waals surface area contributed by atoms with Gasteiger partial charge < -0.3 is 10.6 Å². The molecule has 0 aliphatic carbocycles. The van der Waals surface area contributed by atoms with Gasteiger partial charge in [-0.15, -0.1) is 0 Å². The summed E-state index contributed by atoms with van der Waals surface area (Å²) in [5.74, 6) is 0.120. The molecule has 1 heterocycles. The van der Waals surface area contributed by atoms with Crippen molar-refractivity contribution in [3.05, 3.63) is 59.7 Å². The lowest BCUT2D eigenvalue weighted by Gasteiger charge is -2.30. The van der Waals surface area contributed by atoms with Crippen LogP contribution in [-0.4, -0.2) is 12.5 Å². The predicted molar refractivity (Wildman–Crippen MR) is 81.7 cm³/mol. The summed E-state index contributed by atoms with van der Waals surface area (Å²) in [7, 11) is 0. The Morgan fingerprint density at radius 3 is 2.70 bits per heavy atom. The van der Waals surface area contributed by atoms with Gasteiger partial charge >= 0.3 is 0 Å². The Morgan fingerprint density at radius 2 is 1.90 bits per heavy atom. The molecule has 0 saturated heterocycles. The average molecular weight is 266 g/mol. The molecule has 2 aromatic rings. The van der Waals surface area contributed by atoms with Gasteiger partial charge in [-0.1, -0.05) is 42.5 Å². The van der Waals surface area contributed by atoms with E-state index in [1.807, 2.05) is 47.4 Å². The van der Waals surface area contributed by atoms with E-state index in [2.05, 4.69) is 6.07 Å². The van der Waals surface area contributed by atoms with Gasteiger partial charge in [0.25, 0.3) is 0 Å². The molecule has 0 saturated carbocycles. The number of nitrogens with two attached hydrogens (primary N) is 1. The lowest BCUT2D eigenvalue weighted by Crippen LogP contribution is -2.37. The lowest BCUT2D eigenvalue weighted by molar-refractivity contribution is -0.118. The van der Waals surface area contributed by atoms with Gasteiger partial charge in [-0.2, -0.15) is 0 Å². The van der Waals surface area contributed by atoms with Crippen LogP contribution < -0.4 is 10.6 Å². The van der Waals surface area contributed by atoms with Crippen molar-refractivity contribution in [2.24, 2.45) is 0 Å². The van der Waals surface area contributed by atoms with Gasteiger partial charge in [0, 0.05) is 6.54 Å². The highest BCUT2D eigenvalue weighted by Crippen LogP contribution is 2.33. The molecule has 2 aromatic carbocycles. The number of hydrogen-bond acceptors (Lipinski definition) is 2. The maximum absolute atomic E-state index is 12.6. The molecule has 2 N–H and O–H groups in total. The van der Waals surface area contributed by atoms with Crippen molar-refractivity contribution >= 4 is 17.3 Å². The number of para-hydroxylation sites is 1. The fraction of sp³-hybridized carbons (Fsp3) is 0.235. The van der Waals surface area contributed by atoms with E-state index in [4.69, 9.17) is 5.73 Å². The zero-order valence-electron chi connectivity index (χ0n) is 11.4. The van der Waals surface area contributed by atoms with E-state index in [-0.39, 0.29) is 5.91 Å². The topological polar surface area (TPSA) is 46.3 Å². The number of anilines is 2. The third-order valence-corrected chi connectivity index (χ3v) is 3.75. The molecule has 3 heteroatoms. The molecule has 20 heavy (non-hydrogen) atoms. The predicted octanol–water partition coefficient (Wildman–Crippen LogP) is 2.79. The Labute approximate surface area is 119 Å². The first kappa shape index (κ1) is 12.7. The molecule has 0 aromatic heterocycles. The largest absolute Gasteiger partial charge is 0.397 e. The van der Waals surface area contributed by atoms with Crippen LogP contribution in [0.15, 0.2) is 48.5 Å². The highest BCUT2D eigenvalue weighted by molar-refractivity contribution is 5.98. The van der Waals surface area contributed by atoms with Crippen molar-refractivity contribution in [2.75, 3.05) is 17.2 Å². The number of hydrogen-bond donors (Lipinski definition) is 1. The third-order valence-electron chi connectivity index (χ3n) is 3.75. The molecular formula is C17H18N2O. The summed E-state index contributed by atoms with van der Waals surface area (Å²) in [4.78, 5) is 14.4. The van der Waals surface area contributed by atoms with Crippen LogP contribution >= 0.6 is 0 Å². The van der Waals surface area contributed by atoms with Crippen LogP contribution in [0.3, 0.4) is 0 Å². The van der Waals surface area contributed by atoms with E-state index >= 15 is 0 Å². The third kappa shape index (κ3) is 2.39. The molecule has 0 radical (unpaired) electrons. The normalized spacial score (nSPS) is 13.9. The summed E-state index contributed by atoms with van der Waals surface area (Å²) in [5, 5.41) is 0. The summed E-state index contributed by atoms with van der Waals surface area (Å²) in [5.41, 5.74) is 9.90. The van der Waals surface area contributed by atoms with Crippen molar-refractivity contribution in [1.82, 2.24) is 0 Å². The van der Waals surface area contributed by atoms with Crippen molar-refractivity contribution in [1.29, 1.82) is 0 Å². The Bertz CT molecular complexity index is 622. The minimum absolute atomic E-state index is 0.120. The Balaban J connectivity index is 1.87. The zero-order valence-corrected chi connectivity index (χ0v) is 11.4. The van der Waals surface area contributed by atoms with Gasteiger partial charge in [-0.3, -0.25) is 4.79 Å². The number of carbonyl (C=O) groups excluding carboxylic acids is 1. The van der Waals surface area contributed by atoms with Crippen LogP contribution in [-0.2, 0) is 17.6 Å². The Morgan fingerprint density at radius 1 is 1.10 bits per heavy atom. The van der Waals surface area contributed by atoms with Crippen LogP contribution in [0.25, 0.3) is 0 Å². The highest BCUT2D eigenvalue weighted by Gasteiger charge is 2.24. The molecule has 1 aliphatic rings. The number of nitrogens with zero attached hydrogens (tertiary/aromatic N) is 1. The number of nitrogen functional groups attached to an aromatic ring is 1. The number of aryl methyl sites for hydroxylation is 1. The number of fused-ring (bicyclic) bond motifs is 1. The van der Waals surface area contributed by atoms with E-state index in [1.165, 1.54) is 5.56 Å². The molecular weight excluding hydrogens is 248 g/mol. The SMILES string of the molecule is Nc1cccc2c1N(C(=O)Cc1ccccc1)CCC2. The molecule has 0 bridgehead atoms. The summed E-state index contributed by atoms with van der Waals surface area (Å²) in [6.07, 6.45) is 2.42. The Kier molecular flexibility index (Phi) is 3.42.